The molecule has 0 saturated heterocycles. The Labute approximate surface area is 131 Å². The third kappa shape index (κ3) is 3.56. The lowest BCUT2D eigenvalue weighted by Gasteiger charge is -2.03. The number of aromatic nitrogens is 7. The van der Waals surface area contributed by atoms with Crippen LogP contribution in [0.1, 0.15) is 23.0 Å². The van der Waals surface area contributed by atoms with Crippen molar-refractivity contribution in [2.75, 3.05) is 5.32 Å². The van der Waals surface area contributed by atoms with Crippen LogP contribution >= 0.6 is 0 Å². The van der Waals surface area contributed by atoms with Crippen LogP contribution in [-0.2, 0) is 6.42 Å². The first-order chi connectivity index (χ1) is 11.2. The number of H-pyrrole nitrogens is 2. The highest BCUT2D eigenvalue weighted by molar-refractivity contribution is 5.73. The summed E-state index contributed by atoms with van der Waals surface area (Å²) in [5.74, 6) is 1.80. The van der Waals surface area contributed by atoms with E-state index in [1.807, 2.05) is 37.3 Å². The van der Waals surface area contributed by atoms with E-state index in [9.17, 15) is 0 Å². The molecule has 0 atom stereocenters. The van der Waals surface area contributed by atoms with E-state index in [0.717, 1.165) is 22.9 Å². The van der Waals surface area contributed by atoms with Crippen molar-refractivity contribution in [3.05, 3.63) is 53.5 Å². The maximum atomic E-state index is 9.09. The second kappa shape index (κ2) is 6.48. The van der Waals surface area contributed by atoms with Crippen molar-refractivity contribution in [2.45, 2.75) is 13.3 Å². The van der Waals surface area contributed by atoms with Crippen molar-refractivity contribution in [3.63, 3.8) is 0 Å². The first kappa shape index (κ1) is 14.4. The quantitative estimate of drug-likeness (QED) is 0.603. The number of nitriles is 1. The molecular weight excluding hydrogens is 294 g/mol. The van der Waals surface area contributed by atoms with Gasteiger partial charge in [0.2, 0.25) is 5.82 Å². The minimum Gasteiger partial charge on any atom is -0.360 e. The molecule has 9 nitrogen and oxygen atoms in total. The van der Waals surface area contributed by atoms with Crippen LogP contribution in [0.5, 0.6) is 0 Å². The molecular formula is C14H13N9. The summed E-state index contributed by atoms with van der Waals surface area (Å²) in [5, 5.41) is 32.3. The van der Waals surface area contributed by atoms with Crippen LogP contribution in [-0.4, -0.2) is 35.8 Å². The molecule has 0 fully saturated rings. The van der Waals surface area contributed by atoms with Gasteiger partial charge in [0.1, 0.15) is 17.5 Å². The number of aryl methyl sites for hydroxylation is 1. The van der Waals surface area contributed by atoms with E-state index in [2.05, 4.69) is 41.1 Å². The number of nitrogens with one attached hydrogen (secondary N) is 3. The van der Waals surface area contributed by atoms with E-state index in [0.29, 0.717) is 12.0 Å². The van der Waals surface area contributed by atoms with Gasteiger partial charge in [0.15, 0.2) is 5.82 Å². The molecule has 3 N–H and O–H groups in total. The summed E-state index contributed by atoms with van der Waals surface area (Å²) in [4.78, 5) is 4.28. The largest absolute Gasteiger partial charge is 0.360 e. The zero-order chi connectivity index (χ0) is 16.1. The zero-order valence-electron chi connectivity index (χ0n) is 12.3. The van der Waals surface area contributed by atoms with Crippen LogP contribution in [0.4, 0.5) is 5.69 Å². The van der Waals surface area contributed by atoms with E-state index >= 15 is 0 Å². The topological polar surface area (TPSA) is 132 Å². The molecule has 0 bridgehead atoms. The Morgan fingerprint density at radius 2 is 2.13 bits per heavy atom. The summed E-state index contributed by atoms with van der Waals surface area (Å²) in [6.07, 6.45) is 2.20. The third-order valence-electron chi connectivity index (χ3n) is 3.05. The van der Waals surface area contributed by atoms with Crippen LogP contribution in [0.3, 0.4) is 0 Å². The van der Waals surface area contributed by atoms with Crippen LogP contribution in [0.2, 0.25) is 0 Å². The van der Waals surface area contributed by atoms with Gasteiger partial charge in [-0.05, 0) is 29.8 Å². The average Bonchev–Trinajstić information content (AvgIpc) is 3.22. The Balaban J connectivity index is 1.67. The Kier molecular flexibility index (Phi) is 4.06. The fraction of sp³-hybridized carbons (Fsp3) is 0.143. The highest BCUT2D eigenvalue weighted by atomic mass is 15.5. The van der Waals surface area contributed by atoms with Gasteiger partial charge in [0, 0.05) is 18.3 Å². The minimum absolute atomic E-state index is 0.247. The Bertz CT molecular complexity index is 837. The van der Waals surface area contributed by atoms with Gasteiger partial charge in [-0.1, -0.05) is 12.1 Å². The first-order valence-corrected chi connectivity index (χ1v) is 6.82. The lowest BCUT2D eigenvalue weighted by Crippen LogP contribution is -1.94. The molecule has 3 aromatic rings. The first-order valence-electron chi connectivity index (χ1n) is 6.82. The normalized spacial score (nSPS) is 11.2. The Morgan fingerprint density at radius 3 is 2.74 bits per heavy atom. The van der Waals surface area contributed by atoms with Crippen molar-refractivity contribution < 1.29 is 0 Å². The molecule has 0 aliphatic rings. The molecule has 9 heteroatoms. The molecule has 23 heavy (non-hydrogen) atoms. The number of hydrogen-bond acceptors (Lipinski definition) is 7. The van der Waals surface area contributed by atoms with Crippen LogP contribution in [0.15, 0.2) is 30.5 Å². The lowest BCUT2D eigenvalue weighted by atomic mass is 10.1. The number of hydrogen-bond donors (Lipinski definition) is 3. The molecule has 0 unspecified atom stereocenters. The van der Waals surface area contributed by atoms with Crippen molar-refractivity contribution in [2.24, 2.45) is 0 Å². The molecule has 2 heterocycles. The number of nitrogens with zero attached hydrogens (tertiary/aromatic N) is 6. The van der Waals surface area contributed by atoms with Crippen molar-refractivity contribution in [3.8, 4) is 6.07 Å². The van der Waals surface area contributed by atoms with Gasteiger partial charge in [-0.3, -0.25) is 5.10 Å². The SMILES string of the molecule is Cc1nc(Cc2ccc(NC=C(C#N)c3nn[nH]n3)cc2)n[nH]1. The van der Waals surface area contributed by atoms with E-state index in [1.54, 1.807) is 6.20 Å². The highest BCUT2D eigenvalue weighted by Crippen LogP contribution is 2.13. The molecule has 1 aromatic carbocycles. The molecule has 0 aliphatic carbocycles. The third-order valence-corrected chi connectivity index (χ3v) is 3.05. The van der Waals surface area contributed by atoms with E-state index < -0.39 is 0 Å². The molecule has 0 saturated carbocycles. The summed E-state index contributed by atoms with van der Waals surface area (Å²) in [6, 6.07) is 9.79. The highest BCUT2D eigenvalue weighted by Gasteiger charge is 2.05. The molecule has 3 rings (SSSR count). The summed E-state index contributed by atoms with van der Waals surface area (Å²) in [5.41, 5.74) is 2.23. The van der Waals surface area contributed by atoms with E-state index in [-0.39, 0.29) is 5.82 Å². The number of benzene rings is 1. The lowest BCUT2D eigenvalue weighted by molar-refractivity contribution is 0.881. The second-order valence-corrected chi connectivity index (χ2v) is 4.76. The number of allylic oxidation sites excluding steroid dienone is 1. The van der Waals surface area contributed by atoms with Crippen molar-refractivity contribution >= 4 is 11.3 Å². The predicted molar refractivity (Wildman–Crippen MR) is 81.8 cm³/mol. The number of tetrazole rings is 1. The predicted octanol–water partition coefficient (Wildman–Crippen LogP) is 1.19. The minimum atomic E-state index is 0.247. The second-order valence-electron chi connectivity index (χ2n) is 4.76. The summed E-state index contributed by atoms with van der Waals surface area (Å²) >= 11 is 0. The molecule has 2 aromatic heterocycles. The molecule has 0 amide bonds. The Hall–Kier alpha value is -3.54. The fourth-order valence-electron chi connectivity index (χ4n) is 1.95. The molecule has 0 aliphatic heterocycles. The van der Waals surface area contributed by atoms with Gasteiger partial charge in [-0.15, -0.1) is 10.2 Å². The number of aromatic amines is 2. The monoisotopic (exact) mass is 307 g/mol. The maximum absolute atomic E-state index is 9.09. The molecule has 0 radical (unpaired) electrons. The van der Waals surface area contributed by atoms with E-state index in [1.165, 1.54) is 0 Å². The van der Waals surface area contributed by atoms with Crippen LogP contribution in [0, 0.1) is 18.3 Å². The van der Waals surface area contributed by atoms with Gasteiger partial charge in [-0.2, -0.15) is 15.6 Å². The van der Waals surface area contributed by atoms with Crippen LogP contribution in [0.25, 0.3) is 5.57 Å². The van der Waals surface area contributed by atoms with Gasteiger partial charge in [0.05, 0.1) is 0 Å². The standard InChI is InChI=1S/C14H13N9/c1-9-17-13(19-18-9)6-10-2-4-12(5-3-10)16-8-11(7-15)14-20-22-23-21-14/h2-5,8,16H,6H2,1H3,(H,17,18,19)(H,20,21,22,23). The van der Waals surface area contributed by atoms with Gasteiger partial charge in [-0.25, -0.2) is 4.98 Å². The number of rotatable bonds is 5. The van der Waals surface area contributed by atoms with Crippen LogP contribution < -0.4 is 5.32 Å². The molecule has 0 spiro atoms. The zero-order valence-corrected chi connectivity index (χ0v) is 12.3. The van der Waals surface area contributed by atoms with Crippen molar-refractivity contribution in [1.82, 2.24) is 35.8 Å². The number of anilines is 1. The summed E-state index contributed by atoms with van der Waals surface area (Å²) in [6.45, 7) is 1.87. The average molecular weight is 307 g/mol. The summed E-state index contributed by atoms with van der Waals surface area (Å²) in [7, 11) is 0. The smallest absolute Gasteiger partial charge is 0.216 e. The summed E-state index contributed by atoms with van der Waals surface area (Å²) < 4.78 is 0. The van der Waals surface area contributed by atoms with Crippen molar-refractivity contribution in [1.29, 1.82) is 5.26 Å². The van der Waals surface area contributed by atoms with E-state index in [4.69, 9.17) is 5.26 Å². The van der Waals surface area contributed by atoms with Gasteiger partial charge >= 0.3 is 0 Å². The fourth-order valence-corrected chi connectivity index (χ4v) is 1.95. The maximum Gasteiger partial charge on any atom is 0.216 e. The van der Waals surface area contributed by atoms with Gasteiger partial charge < -0.3 is 5.32 Å². The Morgan fingerprint density at radius 1 is 1.30 bits per heavy atom. The molecule has 114 valence electrons. The van der Waals surface area contributed by atoms with Gasteiger partial charge in [0.25, 0.3) is 0 Å².